The van der Waals surface area contributed by atoms with Crippen LogP contribution in [0.3, 0.4) is 0 Å². The zero-order valence-corrected chi connectivity index (χ0v) is 13.4. The fourth-order valence-electron chi connectivity index (χ4n) is 1.88. The first kappa shape index (κ1) is 15.7. The first-order valence-electron chi connectivity index (χ1n) is 6.68. The molecule has 2 aromatic carbocycles. The Morgan fingerprint density at radius 2 is 1.74 bits per heavy atom. The molecule has 1 N–H and O–H groups in total. The predicted molar refractivity (Wildman–Crippen MR) is 85.2 cm³/mol. The number of hydrogen-bond acceptors (Lipinski definition) is 5. The average molecular weight is 350 g/mol. The van der Waals surface area contributed by atoms with Gasteiger partial charge in [-0.05, 0) is 24.3 Å². The van der Waals surface area contributed by atoms with E-state index >= 15 is 0 Å². The standard InChI is InChI=1S/C15H12ClN3O3S/c16-12-6-8-13(9-7-12)23(20,21)17-10-14-18-15(19-22-14)11-4-2-1-3-5-11/h1-9,17H,10H2. The molecule has 0 amide bonds. The molecule has 23 heavy (non-hydrogen) atoms. The molecule has 118 valence electrons. The molecule has 1 heterocycles. The highest BCUT2D eigenvalue weighted by molar-refractivity contribution is 7.89. The van der Waals surface area contributed by atoms with Gasteiger partial charge in [0, 0.05) is 10.6 Å². The van der Waals surface area contributed by atoms with Gasteiger partial charge >= 0.3 is 0 Å². The normalized spacial score (nSPS) is 11.5. The van der Waals surface area contributed by atoms with Gasteiger partial charge in [0.1, 0.15) is 0 Å². The monoisotopic (exact) mass is 349 g/mol. The minimum atomic E-state index is -3.67. The van der Waals surface area contributed by atoms with E-state index in [1.807, 2.05) is 30.3 Å². The molecule has 0 radical (unpaired) electrons. The van der Waals surface area contributed by atoms with Crippen LogP contribution in [-0.2, 0) is 16.6 Å². The Morgan fingerprint density at radius 3 is 2.43 bits per heavy atom. The Hall–Kier alpha value is -2.22. The summed E-state index contributed by atoms with van der Waals surface area (Å²) in [6.07, 6.45) is 0. The van der Waals surface area contributed by atoms with Crippen LogP contribution < -0.4 is 4.72 Å². The van der Waals surface area contributed by atoms with Crippen LogP contribution in [-0.4, -0.2) is 18.6 Å². The third-order valence-corrected chi connectivity index (χ3v) is 4.71. The van der Waals surface area contributed by atoms with Crippen molar-refractivity contribution in [2.45, 2.75) is 11.4 Å². The summed E-state index contributed by atoms with van der Waals surface area (Å²) in [5.41, 5.74) is 0.794. The Labute approximate surface area is 138 Å². The molecule has 0 saturated carbocycles. The summed E-state index contributed by atoms with van der Waals surface area (Å²) >= 11 is 5.75. The van der Waals surface area contributed by atoms with E-state index in [9.17, 15) is 8.42 Å². The zero-order chi connectivity index (χ0) is 16.3. The first-order valence-corrected chi connectivity index (χ1v) is 8.54. The predicted octanol–water partition coefficient (Wildman–Crippen LogP) is 2.87. The van der Waals surface area contributed by atoms with Crippen molar-refractivity contribution in [3.63, 3.8) is 0 Å². The molecule has 0 aliphatic carbocycles. The van der Waals surface area contributed by atoms with Crippen molar-refractivity contribution in [3.8, 4) is 11.4 Å². The Morgan fingerprint density at radius 1 is 1.04 bits per heavy atom. The highest BCUT2D eigenvalue weighted by Crippen LogP contribution is 2.16. The summed E-state index contributed by atoms with van der Waals surface area (Å²) in [5.74, 6) is 0.590. The molecule has 0 fully saturated rings. The van der Waals surface area contributed by atoms with Crippen LogP contribution in [0.2, 0.25) is 5.02 Å². The Balaban J connectivity index is 1.71. The second kappa shape index (κ2) is 6.49. The van der Waals surface area contributed by atoms with Crippen molar-refractivity contribution in [2.24, 2.45) is 0 Å². The van der Waals surface area contributed by atoms with Crippen molar-refractivity contribution < 1.29 is 12.9 Å². The van der Waals surface area contributed by atoms with Crippen LogP contribution >= 0.6 is 11.6 Å². The number of rotatable bonds is 5. The van der Waals surface area contributed by atoms with Gasteiger partial charge in [0.05, 0.1) is 11.4 Å². The molecule has 0 aliphatic heterocycles. The smallest absolute Gasteiger partial charge is 0.242 e. The van der Waals surface area contributed by atoms with Gasteiger partial charge in [-0.2, -0.15) is 4.98 Å². The molecule has 1 aromatic heterocycles. The lowest BCUT2D eigenvalue weighted by molar-refractivity contribution is 0.376. The van der Waals surface area contributed by atoms with Crippen LogP contribution in [0.1, 0.15) is 5.89 Å². The summed E-state index contributed by atoms with van der Waals surface area (Å²) in [4.78, 5) is 4.28. The van der Waals surface area contributed by atoms with Gasteiger partial charge in [-0.15, -0.1) is 0 Å². The number of nitrogens with zero attached hydrogens (tertiary/aromatic N) is 2. The molecular weight excluding hydrogens is 338 g/mol. The van der Waals surface area contributed by atoms with Gasteiger partial charge in [-0.1, -0.05) is 47.1 Å². The summed E-state index contributed by atoms with van der Waals surface area (Å²) in [6, 6.07) is 15.1. The topological polar surface area (TPSA) is 85.1 Å². The molecule has 0 saturated heterocycles. The molecular formula is C15H12ClN3O3S. The highest BCUT2D eigenvalue weighted by atomic mass is 35.5. The molecule has 3 rings (SSSR count). The lowest BCUT2D eigenvalue weighted by Crippen LogP contribution is -2.23. The van der Waals surface area contributed by atoms with Crippen LogP contribution in [0.5, 0.6) is 0 Å². The first-order chi connectivity index (χ1) is 11.0. The van der Waals surface area contributed by atoms with E-state index in [1.165, 1.54) is 24.3 Å². The van der Waals surface area contributed by atoms with Gasteiger partial charge in [-0.25, -0.2) is 13.1 Å². The summed E-state index contributed by atoms with van der Waals surface area (Å²) in [5, 5.41) is 4.30. The van der Waals surface area contributed by atoms with Crippen LogP contribution in [0.15, 0.2) is 64.0 Å². The third-order valence-electron chi connectivity index (χ3n) is 3.04. The Kier molecular flexibility index (Phi) is 4.42. The molecule has 0 atom stereocenters. The van der Waals surface area contributed by atoms with Gasteiger partial charge in [0.15, 0.2) is 0 Å². The van der Waals surface area contributed by atoms with E-state index in [1.54, 1.807) is 0 Å². The van der Waals surface area contributed by atoms with Crippen molar-refractivity contribution >= 4 is 21.6 Å². The second-order valence-corrected chi connectivity index (χ2v) is 6.86. The number of aromatic nitrogens is 2. The van der Waals surface area contributed by atoms with E-state index < -0.39 is 10.0 Å². The molecule has 8 heteroatoms. The zero-order valence-electron chi connectivity index (χ0n) is 11.8. The van der Waals surface area contributed by atoms with Gasteiger partial charge < -0.3 is 4.52 Å². The van der Waals surface area contributed by atoms with Crippen molar-refractivity contribution in [2.75, 3.05) is 0 Å². The summed E-state index contributed by atoms with van der Waals surface area (Å²) in [7, 11) is -3.67. The maximum Gasteiger partial charge on any atom is 0.242 e. The lowest BCUT2D eigenvalue weighted by Gasteiger charge is -2.04. The van der Waals surface area contributed by atoms with E-state index in [4.69, 9.17) is 16.1 Å². The summed E-state index contributed by atoms with van der Waals surface area (Å²) in [6.45, 7) is -0.0925. The number of benzene rings is 2. The Bertz CT molecular complexity index is 893. The van der Waals surface area contributed by atoms with Gasteiger partial charge in [0.25, 0.3) is 0 Å². The van der Waals surface area contributed by atoms with Crippen molar-refractivity contribution in [1.82, 2.24) is 14.9 Å². The molecule has 0 bridgehead atoms. The molecule has 0 spiro atoms. The number of hydrogen-bond donors (Lipinski definition) is 1. The number of sulfonamides is 1. The largest absolute Gasteiger partial charge is 0.338 e. The quantitative estimate of drug-likeness (QED) is 0.765. The number of halogens is 1. The van der Waals surface area contributed by atoms with Gasteiger partial charge in [-0.3, -0.25) is 0 Å². The average Bonchev–Trinajstić information content (AvgIpc) is 3.03. The van der Waals surface area contributed by atoms with Crippen LogP contribution in [0, 0.1) is 0 Å². The van der Waals surface area contributed by atoms with Crippen molar-refractivity contribution in [1.29, 1.82) is 0 Å². The van der Waals surface area contributed by atoms with E-state index in [0.717, 1.165) is 5.56 Å². The summed E-state index contributed by atoms with van der Waals surface area (Å²) < 4.78 is 31.8. The van der Waals surface area contributed by atoms with E-state index in [-0.39, 0.29) is 17.3 Å². The van der Waals surface area contributed by atoms with Crippen LogP contribution in [0.4, 0.5) is 0 Å². The second-order valence-electron chi connectivity index (χ2n) is 4.66. The molecule has 0 unspecified atom stereocenters. The lowest BCUT2D eigenvalue weighted by atomic mass is 10.2. The number of nitrogens with one attached hydrogen (secondary N) is 1. The van der Waals surface area contributed by atoms with E-state index in [0.29, 0.717) is 10.8 Å². The van der Waals surface area contributed by atoms with Crippen molar-refractivity contribution in [3.05, 3.63) is 65.5 Å². The highest BCUT2D eigenvalue weighted by Gasteiger charge is 2.16. The molecule has 0 aliphatic rings. The maximum atomic E-state index is 12.1. The SMILES string of the molecule is O=S(=O)(NCc1nc(-c2ccccc2)no1)c1ccc(Cl)cc1. The molecule has 3 aromatic rings. The van der Waals surface area contributed by atoms with Gasteiger partial charge in [0.2, 0.25) is 21.7 Å². The molecule has 6 nitrogen and oxygen atoms in total. The minimum absolute atomic E-state index is 0.0925. The fourth-order valence-corrected chi connectivity index (χ4v) is 2.99. The minimum Gasteiger partial charge on any atom is -0.338 e. The van der Waals surface area contributed by atoms with Crippen LogP contribution in [0.25, 0.3) is 11.4 Å². The fraction of sp³-hybridized carbons (Fsp3) is 0.0667. The third kappa shape index (κ3) is 3.76. The maximum absolute atomic E-state index is 12.1. The van der Waals surface area contributed by atoms with E-state index in [2.05, 4.69) is 14.9 Å².